The largest absolute Gasteiger partial charge is 0.439 e. The minimum atomic E-state index is -3.23. The minimum Gasteiger partial charge on any atom is -0.439 e. The maximum absolute atomic E-state index is 11.4. The van der Waals surface area contributed by atoms with Gasteiger partial charge in [0.1, 0.15) is 5.75 Å². The molecule has 0 bridgehead atoms. The quantitative estimate of drug-likeness (QED) is 0.801. The molecule has 0 radical (unpaired) electrons. The highest BCUT2D eigenvalue weighted by Crippen LogP contribution is 2.22. The van der Waals surface area contributed by atoms with Gasteiger partial charge in [-0.3, -0.25) is 0 Å². The molecule has 0 amide bonds. The van der Waals surface area contributed by atoms with E-state index >= 15 is 0 Å². The molecule has 0 saturated heterocycles. The van der Waals surface area contributed by atoms with Crippen LogP contribution in [0.1, 0.15) is 5.56 Å². The second-order valence-electron chi connectivity index (χ2n) is 3.99. The van der Waals surface area contributed by atoms with E-state index in [9.17, 15) is 8.42 Å². The molecule has 0 aliphatic heterocycles. The zero-order valence-corrected chi connectivity index (χ0v) is 12.6. The number of alkyl halides is 1. The molecule has 1 aromatic carbocycles. The van der Waals surface area contributed by atoms with E-state index in [2.05, 4.69) is 20.9 Å². The van der Waals surface area contributed by atoms with Crippen molar-refractivity contribution >= 4 is 25.8 Å². The van der Waals surface area contributed by atoms with E-state index in [1.54, 1.807) is 24.4 Å². The van der Waals surface area contributed by atoms with Crippen molar-refractivity contribution in [1.82, 2.24) is 4.98 Å². The molecule has 0 N–H and O–H groups in total. The van der Waals surface area contributed by atoms with Crippen LogP contribution in [0.25, 0.3) is 0 Å². The van der Waals surface area contributed by atoms with Gasteiger partial charge < -0.3 is 4.74 Å². The van der Waals surface area contributed by atoms with Crippen LogP contribution < -0.4 is 4.74 Å². The van der Waals surface area contributed by atoms with Gasteiger partial charge in [-0.1, -0.05) is 28.1 Å². The van der Waals surface area contributed by atoms with E-state index in [0.717, 1.165) is 17.1 Å². The lowest BCUT2D eigenvalue weighted by atomic mass is 10.3. The van der Waals surface area contributed by atoms with Gasteiger partial charge in [-0.2, -0.15) is 0 Å². The molecule has 6 heteroatoms. The number of sulfone groups is 1. The van der Waals surface area contributed by atoms with Crippen molar-refractivity contribution in [3.05, 3.63) is 48.2 Å². The van der Waals surface area contributed by atoms with Gasteiger partial charge in [0.05, 0.1) is 4.90 Å². The molecule has 0 saturated carbocycles. The summed E-state index contributed by atoms with van der Waals surface area (Å²) >= 11 is 3.33. The van der Waals surface area contributed by atoms with E-state index < -0.39 is 9.84 Å². The highest BCUT2D eigenvalue weighted by molar-refractivity contribution is 9.08. The lowest BCUT2D eigenvalue weighted by Crippen LogP contribution is -1.97. The standard InChI is InChI=1S/C13H12BrNO3S/c1-19(16,17)12-4-2-3-11(7-12)18-13-6-5-10(8-14)9-15-13/h2-7,9H,8H2,1H3. The van der Waals surface area contributed by atoms with E-state index in [-0.39, 0.29) is 4.90 Å². The van der Waals surface area contributed by atoms with Crippen molar-refractivity contribution in [3.63, 3.8) is 0 Å². The Kier molecular flexibility index (Phi) is 4.21. The van der Waals surface area contributed by atoms with Crippen LogP contribution in [0, 0.1) is 0 Å². The topological polar surface area (TPSA) is 56.3 Å². The predicted octanol–water partition coefficient (Wildman–Crippen LogP) is 3.17. The summed E-state index contributed by atoms with van der Waals surface area (Å²) in [6.07, 6.45) is 2.86. The third kappa shape index (κ3) is 3.78. The molecular formula is C13H12BrNO3S. The molecule has 0 aliphatic rings. The molecule has 0 spiro atoms. The number of rotatable bonds is 4. The molecule has 2 rings (SSSR count). The van der Waals surface area contributed by atoms with Gasteiger partial charge in [-0.05, 0) is 23.8 Å². The summed E-state index contributed by atoms with van der Waals surface area (Å²) in [7, 11) is -3.23. The van der Waals surface area contributed by atoms with Crippen LogP contribution in [0.4, 0.5) is 0 Å². The van der Waals surface area contributed by atoms with Crippen molar-refractivity contribution in [1.29, 1.82) is 0 Å². The smallest absolute Gasteiger partial charge is 0.219 e. The van der Waals surface area contributed by atoms with Crippen molar-refractivity contribution in [2.24, 2.45) is 0 Å². The zero-order valence-electron chi connectivity index (χ0n) is 10.2. The number of pyridine rings is 1. The van der Waals surface area contributed by atoms with E-state index in [1.165, 1.54) is 12.1 Å². The molecule has 0 aliphatic carbocycles. The van der Waals surface area contributed by atoms with Gasteiger partial charge >= 0.3 is 0 Å². The van der Waals surface area contributed by atoms with E-state index in [0.29, 0.717) is 11.6 Å². The van der Waals surface area contributed by atoms with Gasteiger partial charge in [-0.25, -0.2) is 13.4 Å². The molecule has 19 heavy (non-hydrogen) atoms. The fourth-order valence-electron chi connectivity index (χ4n) is 1.44. The highest BCUT2D eigenvalue weighted by Gasteiger charge is 2.08. The van der Waals surface area contributed by atoms with Crippen molar-refractivity contribution < 1.29 is 13.2 Å². The van der Waals surface area contributed by atoms with Crippen LogP contribution in [0.3, 0.4) is 0 Å². The highest BCUT2D eigenvalue weighted by atomic mass is 79.9. The van der Waals surface area contributed by atoms with Crippen LogP contribution in [0.2, 0.25) is 0 Å². The third-order valence-electron chi connectivity index (χ3n) is 2.41. The van der Waals surface area contributed by atoms with E-state index in [4.69, 9.17) is 4.74 Å². The average Bonchev–Trinajstić information content (AvgIpc) is 2.39. The summed E-state index contributed by atoms with van der Waals surface area (Å²) in [5.41, 5.74) is 1.04. The van der Waals surface area contributed by atoms with Gasteiger partial charge in [0, 0.05) is 23.8 Å². The normalized spacial score (nSPS) is 11.3. The monoisotopic (exact) mass is 341 g/mol. The number of halogens is 1. The fraction of sp³-hybridized carbons (Fsp3) is 0.154. The number of ether oxygens (including phenoxy) is 1. The first-order valence-electron chi connectivity index (χ1n) is 5.48. The Bertz CT molecular complexity index is 669. The second kappa shape index (κ2) is 5.71. The number of benzene rings is 1. The lowest BCUT2D eigenvalue weighted by molar-refractivity contribution is 0.461. The number of nitrogens with zero attached hydrogens (tertiary/aromatic N) is 1. The first-order chi connectivity index (χ1) is 8.99. The number of hydrogen-bond donors (Lipinski definition) is 0. The van der Waals surface area contributed by atoms with Gasteiger partial charge in [0.25, 0.3) is 0 Å². The molecule has 1 aromatic heterocycles. The summed E-state index contributed by atoms with van der Waals surface area (Å²) in [5, 5.41) is 0.726. The number of aromatic nitrogens is 1. The van der Waals surface area contributed by atoms with Crippen molar-refractivity contribution in [2.75, 3.05) is 6.26 Å². The summed E-state index contributed by atoms with van der Waals surface area (Å²) in [6.45, 7) is 0. The molecule has 0 unspecified atom stereocenters. The Morgan fingerprint density at radius 1 is 1.26 bits per heavy atom. The first kappa shape index (κ1) is 14.0. The van der Waals surface area contributed by atoms with Crippen molar-refractivity contribution in [3.8, 4) is 11.6 Å². The molecule has 4 nitrogen and oxygen atoms in total. The maximum Gasteiger partial charge on any atom is 0.219 e. The van der Waals surface area contributed by atoms with Gasteiger partial charge in [0.15, 0.2) is 9.84 Å². The SMILES string of the molecule is CS(=O)(=O)c1cccc(Oc2ccc(CBr)cn2)c1. The van der Waals surface area contributed by atoms with Crippen LogP contribution in [0.5, 0.6) is 11.6 Å². The van der Waals surface area contributed by atoms with Gasteiger partial charge in [-0.15, -0.1) is 0 Å². The summed E-state index contributed by atoms with van der Waals surface area (Å²) in [6, 6.07) is 9.97. The van der Waals surface area contributed by atoms with Crippen LogP contribution in [0.15, 0.2) is 47.5 Å². The summed E-state index contributed by atoms with van der Waals surface area (Å²) in [5.74, 6) is 0.873. The Labute approximate surface area is 120 Å². The maximum atomic E-state index is 11.4. The molecule has 2 aromatic rings. The fourth-order valence-corrected chi connectivity index (χ4v) is 2.43. The molecular weight excluding hydrogens is 330 g/mol. The van der Waals surface area contributed by atoms with Crippen molar-refractivity contribution in [2.45, 2.75) is 10.2 Å². The Hall–Kier alpha value is -1.40. The van der Waals surface area contributed by atoms with E-state index in [1.807, 2.05) is 6.07 Å². The van der Waals surface area contributed by atoms with Crippen LogP contribution in [-0.2, 0) is 15.2 Å². The molecule has 0 fully saturated rings. The zero-order chi connectivity index (χ0) is 13.9. The minimum absolute atomic E-state index is 0.224. The molecule has 1 heterocycles. The summed E-state index contributed by atoms with van der Waals surface area (Å²) < 4.78 is 28.4. The Morgan fingerprint density at radius 2 is 2.05 bits per heavy atom. The lowest BCUT2D eigenvalue weighted by Gasteiger charge is -2.06. The number of hydrogen-bond acceptors (Lipinski definition) is 4. The summed E-state index contributed by atoms with van der Waals surface area (Å²) in [4.78, 5) is 4.36. The molecule has 100 valence electrons. The Morgan fingerprint density at radius 3 is 2.63 bits per heavy atom. The first-order valence-corrected chi connectivity index (χ1v) is 8.49. The average molecular weight is 342 g/mol. The second-order valence-corrected chi connectivity index (χ2v) is 6.56. The predicted molar refractivity (Wildman–Crippen MR) is 76.5 cm³/mol. The third-order valence-corrected chi connectivity index (χ3v) is 4.17. The van der Waals surface area contributed by atoms with Crippen LogP contribution >= 0.6 is 15.9 Å². The molecule has 0 atom stereocenters. The van der Waals surface area contributed by atoms with Gasteiger partial charge in [0.2, 0.25) is 5.88 Å². The Balaban J connectivity index is 2.23. The van der Waals surface area contributed by atoms with Crippen LogP contribution in [-0.4, -0.2) is 19.7 Å².